The van der Waals surface area contributed by atoms with Crippen LogP contribution in [0.25, 0.3) is 0 Å². The van der Waals surface area contributed by atoms with Crippen molar-refractivity contribution in [3.8, 4) is 0 Å². The number of amides is 1. The lowest BCUT2D eigenvalue weighted by Gasteiger charge is -2.29. The monoisotopic (exact) mass is 348 g/mol. The van der Waals surface area contributed by atoms with Crippen LogP contribution < -0.4 is 16.0 Å². The van der Waals surface area contributed by atoms with Gasteiger partial charge in [0.25, 0.3) is 0 Å². The number of nitrogens with one attached hydrogen (secondary N) is 2. The summed E-state index contributed by atoms with van der Waals surface area (Å²) in [7, 11) is 0. The minimum Gasteiger partial charge on any atom is -0.368 e. The number of nitrogens with two attached hydrogens (primary N) is 1. The van der Waals surface area contributed by atoms with E-state index in [2.05, 4.69) is 20.3 Å². The fourth-order valence-corrected chi connectivity index (χ4v) is 2.71. The maximum Gasteiger partial charge on any atom is 0.232 e. The average Bonchev–Trinajstić information content (AvgIpc) is 2.57. The molecular weight excluding hydrogens is 330 g/mol. The van der Waals surface area contributed by atoms with Crippen molar-refractivity contribution in [2.24, 2.45) is 0 Å². The molecule has 2 aromatic rings. The van der Waals surface area contributed by atoms with E-state index in [4.69, 9.17) is 17.3 Å². The van der Waals surface area contributed by atoms with Crippen LogP contribution in [0.4, 0.5) is 17.6 Å². The van der Waals surface area contributed by atoms with E-state index in [0.717, 1.165) is 38.3 Å². The number of quaternary nitrogens is 1. The van der Waals surface area contributed by atoms with Crippen LogP contribution in [0.5, 0.6) is 0 Å². The predicted molar refractivity (Wildman–Crippen MR) is 91.0 cm³/mol. The van der Waals surface area contributed by atoms with Crippen LogP contribution in [-0.4, -0.2) is 52.4 Å². The van der Waals surface area contributed by atoms with E-state index in [1.54, 1.807) is 17.0 Å². The summed E-state index contributed by atoms with van der Waals surface area (Å²) in [5.41, 5.74) is 6.62. The Kier molecular flexibility index (Phi) is 5.07. The second-order valence-corrected chi connectivity index (χ2v) is 6.07. The van der Waals surface area contributed by atoms with Gasteiger partial charge in [0.05, 0.1) is 26.2 Å². The SMILES string of the molecule is Nc1nc(C[NH+]2CCN(C=O)CC2)nc(Nc2ccc(Cl)cc2)n1. The van der Waals surface area contributed by atoms with Gasteiger partial charge in [-0.3, -0.25) is 4.79 Å². The molecular formula is C15H19ClN7O+. The molecule has 0 spiro atoms. The van der Waals surface area contributed by atoms with E-state index in [-0.39, 0.29) is 5.95 Å². The van der Waals surface area contributed by atoms with E-state index in [1.807, 2.05) is 12.1 Å². The van der Waals surface area contributed by atoms with Crippen molar-refractivity contribution in [1.29, 1.82) is 0 Å². The van der Waals surface area contributed by atoms with Crippen molar-refractivity contribution in [3.63, 3.8) is 0 Å². The normalized spacial score (nSPS) is 15.3. The fraction of sp³-hybridized carbons (Fsp3) is 0.333. The molecule has 9 heteroatoms. The van der Waals surface area contributed by atoms with Crippen molar-refractivity contribution >= 4 is 35.6 Å². The Morgan fingerprint density at radius 2 is 1.92 bits per heavy atom. The maximum atomic E-state index is 10.8. The zero-order valence-corrected chi connectivity index (χ0v) is 13.8. The molecule has 24 heavy (non-hydrogen) atoms. The van der Waals surface area contributed by atoms with Gasteiger partial charge < -0.3 is 20.9 Å². The standard InChI is InChI=1S/C15H18ClN7O/c16-11-1-3-12(4-2-11)18-15-20-13(19-14(17)21-15)9-22-5-7-23(10-24)8-6-22/h1-4,10H,5-9H2,(H3,17,18,19,20,21)/p+1. The first-order valence-electron chi connectivity index (χ1n) is 7.68. The molecule has 8 nitrogen and oxygen atoms in total. The third-order valence-electron chi connectivity index (χ3n) is 3.86. The first kappa shape index (κ1) is 16.4. The van der Waals surface area contributed by atoms with Gasteiger partial charge in [0.1, 0.15) is 6.54 Å². The third-order valence-corrected chi connectivity index (χ3v) is 4.11. The van der Waals surface area contributed by atoms with Gasteiger partial charge in [-0.05, 0) is 24.3 Å². The molecule has 0 saturated carbocycles. The van der Waals surface area contributed by atoms with Crippen molar-refractivity contribution in [2.75, 3.05) is 37.2 Å². The highest BCUT2D eigenvalue weighted by Crippen LogP contribution is 2.16. The molecule has 3 rings (SSSR count). The van der Waals surface area contributed by atoms with Crippen LogP contribution in [0.2, 0.25) is 5.02 Å². The molecule has 0 aliphatic carbocycles. The molecule has 0 atom stereocenters. The van der Waals surface area contributed by atoms with E-state index in [1.165, 1.54) is 4.90 Å². The second-order valence-electron chi connectivity index (χ2n) is 5.63. The molecule has 1 fully saturated rings. The highest BCUT2D eigenvalue weighted by Gasteiger charge is 2.20. The molecule has 2 heterocycles. The molecule has 0 radical (unpaired) electrons. The van der Waals surface area contributed by atoms with Gasteiger partial charge >= 0.3 is 0 Å². The molecule has 0 unspecified atom stereocenters. The molecule has 1 aromatic heterocycles. The summed E-state index contributed by atoms with van der Waals surface area (Å²) in [5, 5.41) is 3.76. The predicted octanol–water partition coefficient (Wildman–Crippen LogP) is -0.292. The van der Waals surface area contributed by atoms with Crippen LogP contribution in [0.1, 0.15) is 5.82 Å². The van der Waals surface area contributed by atoms with Crippen molar-refractivity contribution in [2.45, 2.75) is 6.54 Å². The molecule has 1 aromatic carbocycles. The summed E-state index contributed by atoms with van der Waals surface area (Å²) < 4.78 is 0. The van der Waals surface area contributed by atoms with E-state index in [9.17, 15) is 4.79 Å². The van der Waals surface area contributed by atoms with Gasteiger partial charge in [-0.1, -0.05) is 11.6 Å². The van der Waals surface area contributed by atoms with Crippen molar-refractivity contribution in [1.82, 2.24) is 19.9 Å². The number of anilines is 3. The number of piperazine rings is 1. The lowest BCUT2D eigenvalue weighted by molar-refractivity contribution is -0.918. The number of carbonyl (C=O) groups is 1. The van der Waals surface area contributed by atoms with Gasteiger partial charge in [-0.25, -0.2) is 0 Å². The van der Waals surface area contributed by atoms with Gasteiger partial charge in [-0.15, -0.1) is 0 Å². The van der Waals surface area contributed by atoms with Crippen LogP contribution in [0.15, 0.2) is 24.3 Å². The molecule has 1 amide bonds. The van der Waals surface area contributed by atoms with Gasteiger partial charge in [0.15, 0.2) is 5.82 Å². The molecule has 126 valence electrons. The summed E-state index contributed by atoms with van der Waals surface area (Å²) in [6.07, 6.45) is 0.895. The highest BCUT2D eigenvalue weighted by atomic mass is 35.5. The molecule has 1 aliphatic rings. The Hall–Kier alpha value is -2.45. The topological polar surface area (TPSA) is 101 Å². The molecule has 4 N–H and O–H groups in total. The Morgan fingerprint density at radius 3 is 2.58 bits per heavy atom. The van der Waals surface area contributed by atoms with Crippen LogP contribution in [-0.2, 0) is 11.3 Å². The summed E-state index contributed by atoms with van der Waals surface area (Å²) in [4.78, 5) is 26.6. The van der Waals surface area contributed by atoms with Crippen molar-refractivity contribution in [3.05, 3.63) is 35.1 Å². The van der Waals surface area contributed by atoms with Gasteiger partial charge in [0, 0.05) is 10.7 Å². The number of nitrogen functional groups attached to an aromatic ring is 1. The number of carbonyl (C=O) groups excluding carboxylic acids is 1. The molecule has 0 bridgehead atoms. The Labute approximate surface area is 144 Å². The van der Waals surface area contributed by atoms with Crippen LogP contribution >= 0.6 is 11.6 Å². The first-order valence-corrected chi connectivity index (χ1v) is 8.06. The lowest BCUT2D eigenvalue weighted by atomic mass is 10.3. The summed E-state index contributed by atoms with van der Waals surface area (Å²) in [5.74, 6) is 1.22. The Balaban J connectivity index is 1.67. The minimum absolute atomic E-state index is 0.183. The lowest BCUT2D eigenvalue weighted by Crippen LogP contribution is -3.13. The maximum absolute atomic E-state index is 10.8. The minimum atomic E-state index is 0.183. The molecule has 1 aliphatic heterocycles. The zero-order chi connectivity index (χ0) is 16.9. The summed E-state index contributed by atoms with van der Waals surface area (Å²) in [6.45, 7) is 3.87. The van der Waals surface area contributed by atoms with Crippen molar-refractivity contribution < 1.29 is 9.69 Å². The smallest absolute Gasteiger partial charge is 0.232 e. The van der Waals surface area contributed by atoms with Crippen LogP contribution in [0.3, 0.4) is 0 Å². The average molecular weight is 349 g/mol. The number of hydrogen-bond donors (Lipinski definition) is 3. The fourth-order valence-electron chi connectivity index (χ4n) is 2.58. The summed E-state index contributed by atoms with van der Waals surface area (Å²) in [6, 6.07) is 7.25. The first-order chi connectivity index (χ1) is 11.6. The van der Waals surface area contributed by atoms with Gasteiger partial charge in [0.2, 0.25) is 18.3 Å². The number of benzene rings is 1. The van der Waals surface area contributed by atoms with E-state index in [0.29, 0.717) is 23.3 Å². The zero-order valence-electron chi connectivity index (χ0n) is 13.1. The Morgan fingerprint density at radius 1 is 1.21 bits per heavy atom. The number of nitrogens with zero attached hydrogens (tertiary/aromatic N) is 4. The number of hydrogen-bond acceptors (Lipinski definition) is 6. The second kappa shape index (κ2) is 7.41. The quantitative estimate of drug-likeness (QED) is 0.642. The Bertz CT molecular complexity index is 701. The number of rotatable bonds is 5. The molecule has 1 saturated heterocycles. The van der Waals surface area contributed by atoms with Gasteiger partial charge in [-0.2, -0.15) is 15.0 Å². The van der Waals surface area contributed by atoms with E-state index < -0.39 is 0 Å². The highest BCUT2D eigenvalue weighted by molar-refractivity contribution is 6.30. The van der Waals surface area contributed by atoms with E-state index >= 15 is 0 Å². The third kappa shape index (κ3) is 4.30. The number of aromatic nitrogens is 3. The van der Waals surface area contributed by atoms with Crippen LogP contribution in [0, 0.1) is 0 Å². The largest absolute Gasteiger partial charge is 0.368 e. The number of halogens is 1. The summed E-state index contributed by atoms with van der Waals surface area (Å²) >= 11 is 5.88.